The van der Waals surface area contributed by atoms with Gasteiger partial charge in [0.25, 0.3) is 0 Å². The molecule has 0 saturated carbocycles. The number of hydrogen-bond donors (Lipinski definition) is 1. The molecule has 3 unspecified atom stereocenters. The third kappa shape index (κ3) is 3.41. The van der Waals surface area contributed by atoms with Crippen LogP contribution in [0.1, 0.15) is 26.2 Å². The molecular weight excluding hydrogens is 216 g/mol. The molecule has 2 rings (SSSR count). The van der Waals surface area contributed by atoms with Gasteiger partial charge < -0.3 is 14.8 Å². The van der Waals surface area contributed by atoms with Gasteiger partial charge in [0.05, 0.1) is 12.7 Å². The van der Waals surface area contributed by atoms with Crippen molar-refractivity contribution < 1.29 is 9.47 Å². The van der Waals surface area contributed by atoms with Crippen molar-refractivity contribution in [1.82, 2.24) is 10.2 Å². The molecule has 1 N–H and O–H groups in total. The molecule has 0 aromatic heterocycles. The molecule has 0 aromatic carbocycles. The van der Waals surface area contributed by atoms with E-state index in [1.165, 1.54) is 19.4 Å². The Hall–Kier alpha value is -0.160. The average Bonchev–Trinajstić information content (AvgIpc) is 2.40. The van der Waals surface area contributed by atoms with Gasteiger partial charge in [-0.15, -0.1) is 0 Å². The molecule has 2 aliphatic heterocycles. The fourth-order valence-electron chi connectivity index (χ4n) is 3.04. The molecule has 0 aliphatic carbocycles. The Kier molecular flexibility index (Phi) is 5.22. The second kappa shape index (κ2) is 6.69. The van der Waals surface area contributed by atoms with Crippen molar-refractivity contribution in [1.29, 1.82) is 0 Å². The van der Waals surface area contributed by atoms with Gasteiger partial charge in [0.15, 0.2) is 0 Å². The molecule has 2 heterocycles. The first-order valence-electron chi connectivity index (χ1n) is 6.93. The number of ether oxygens (including phenoxy) is 2. The number of nitrogens with one attached hydrogen (secondary N) is 1. The lowest BCUT2D eigenvalue weighted by Crippen LogP contribution is -2.58. The molecule has 100 valence electrons. The van der Waals surface area contributed by atoms with Crippen LogP contribution in [0.5, 0.6) is 0 Å². The maximum Gasteiger partial charge on any atom is 0.0698 e. The molecular formula is C13H26N2O2. The lowest BCUT2D eigenvalue weighted by atomic mass is 9.98. The van der Waals surface area contributed by atoms with E-state index in [2.05, 4.69) is 17.1 Å². The third-order valence-corrected chi connectivity index (χ3v) is 4.00. The summed E-state index contributed by atoms with van der Waals surface area (Å²) in [5.74, 6) is 0. The Balaban J connectivity index is 1.92. The molecule has 17 heavy (non-hydrogen) atoms. The second-order valence-corrected chi connectivity index (χ2v) is 5.09. The van der Waals surface area contributed by atoms with E-state index < -0.39 is 0 Å². The molecule has 0 radical (unpaired) electrons. The van der Waals surface area contributed by atoms with E-state index in [1.807, 2.05) is 7.11 Å². The quantitative estimate of drug-likeness (QED) is 0.793. The lowest BCUT2D eigenvalue weighted by Gasteiger charge is -2.43. The molecule has 4 nitrogen and oxygen atoms in total. The number of methoxy groups -OCH3 is 1. The van der Waals surface area contributed by atoms with Crippen LogP contribution in [0.3, 0.4) is 0 Å². The monoisotopic (exact) mass is 242 g/mol. The molecule has 2 saturated heterocycles. The summed E-state index contributed by atoms with van der Waals surface area (Å²) >= 11 is 0. The Bertz CT molecular complexity index is 223. The first kappa shape index (κ1) is 13.3. The van der Waals surface area contributed by atoms with E-state index in [0.717, 1.165) is 32.7 Å². The fourth-order valence-corrected chi connectivity index (χ4v) is 3.04. The fraction of sp³-hybridized carbons (Fsp3) is 1.00. The van der Waals surface area contributed by atoms with Crippen molar-refractivity contribution in [2.24, 2.45) is 0 Å². The molecule has 0 spiro atoms. The number of nitrogens with zero attached hydrogens (tertiary/aromatic N) is 1. The van der Waals surface area contributed by atoms with Crippen molar-refractivity contribution in [3.8, 4) is 0 Å². The normalized spacial score (nSPS) is 36.0. The number of likely N-dealkylation sites (N-methyl/N-ethyl adjacent to an activating group) is 1. The van der Waals surface area contributed by atoms with Gasteiger partial charge in [-0.2, -0.15) is 0 Å². The minimum atomic E-state index is 0.410. The Morgan fingerprint density at radius 1 is 1.41 bits per heavy atom. The van der Waals surface area contributed by atoms with E-state index in [1.54, 1.807) is 0 Å². The Labute approximate surface area is 105 Å². The van der Waals surface area contributed by atoms with Gasteiger partial charge in [-0.1, -0.05) is 6.92 Å². The van der Waals surface area contributed by atoms with Gasteiger partial charge in [-0.25, -0.2) is 0 Å². The van der Waals surface area contributed by atoms with E-state index in [4.69, 9.17) is 9.47 Å². The summed E-state index contributed by atoms with van der Waals surface area (Å²) in [7, 11) is 1.83. The summed E-state index contributed by atoms with van der Waals surface area (Å²) in [6.45, 7) is 7.25. The molecule has 4 heteroatoms. The van der Waals surface area contributed by atoms with Gasteiger partial charge in [0, 0.05) is 32.3 Å². The predicted octanol–water partition coefficient (Wildman–Crippen LogP) is 0.864. The molecule has 0 bridgehead atoms. The number of piperidine rings is 1. The lowest BCUT2D eigenvalue weighted by molar-refractivity contribution is -0.0420. The second-order valence-electron chi connectivity index (χ2n) is 5.09. The highest BCUT2D eigenvalue weighted by atomic mass is 16.5. The van der Waals surface area contributed by atoms with Crippen LogP contribution < -0.4 is 5.32 Å². The van der Waals surface area contributed by atoms with Crippen LogP contribution >= 0.6 is 0 Å². The van der Waals surface area contributed by atoms with Crippen molar-refractivity contribution in [2.45, 2.75) is 44.4 Å². The highest BCUT2D eigenvalue weighted by molar-refractivity contribution is 4.89. The van der Waals surface area contributed by atoms with Crippen molar-refractivity contribution in [3.63, 3.8) is 0 Å². The summed E-state index contributed by atoms with van der Waals surface area (Å²) < 4.78 is 11.2. The standard InChI is InChI=1S/C13H26N2O2/c1-3-14-12-6-8-17-10-13(12)15-7-4-5-11(9-15)16-2/h11-14H,3-10H2,1-2H3. The zero-order chi connectivity index (χ0) is 12.1. The average molecular weight is 242 g/mol. The summed E-state index contributed by atoms with van der Waals surface area (Å²) in [5.41, 5.74) is 0. The van der Waals surface area contributed by atoms with Gasteiger partial charge in [0.1, 0.15) is 0 Å². The first-order chi connectivity index (χ1) is 8.35. The Morgan fingerprint density at radius 2 is 2.29 bits per heavy atom. The van der Waals surface area contributed by atoms with Crippen LogP contribution in [0, 0.1) is 0 Å². The summed E-state index contributed by atoms with van der Waals surface area (Å²) in [5, 5.41) is 3.60. The molecule has 2 aliphatic rings. The highest BCUT2D eigenvalue weighted by Crippen LogP contribution is 2.20. The molecule has 0 aromatic rings. The van der Waals surface area contributed by atoms with E-state index in [9.17, 15) is 0 Å². The molecule has 2 fully saturated rings. The third-order valence-electron chi connectivity index (χ3n) is 4.00. The van der Waals surface area contributed by atoms with Crippen molar-refractivity contribution in [3.05, 3.63) is 0 Å². The molecule has 0 amide bonds. The summed E-state index contributed by atoms with van der Waals surface area (Å²) in [6, 6.07) is 1.12. The van der Waals surface area contributed by atoms with Gasteiger partial charge in [-0.3, -0.25) is 4.90 Å². The van der Waals surface area contributed by atoms with Crippen molar-refractivity contribution in [2.75, 3.05) is 40.0 Å². The van der Waals surface area contributed by atoms with E-state index in [-0.39, 0.29) is 0 Å². The topological polar surface area (TPSA) is 33.7 Å². The predicted molar refractivity (Wildman–Crippen MR) is 68.3 cm³/mol. The van der Waals surface area contributed by atoms with Gasteiger partial charge in [0.2, 0.25) is 0 Å². The summed E-state index contributed by atoms with van der Waals surface area (Å²) in [6.07, 6.45) is 3.99. The highest BCUT2D eigenvalue weighted by Gasteiger charge is 2.33. The Morgan fingerprint density at radius 3 is 3.06 bits per heavy atom. The SMILES string of the molecule is CCNC1CCOCC1N1CCCC(OC)C1. The van der Waals surface area contributed by atoms with Gasteiger partial charge >= 0.3 is 0 Å². The molecule has 3 atom stereocenters. The maximum absolute atomic E-state index is 5.66. The van der Waals surface area contributed by atoms with Crippen LogP contribution in [-0.4, -0.2) is 63.0 Å². The smallest absolute Gasteiger partial charge is 0.0698 e. The van der Waals surface area contributed by atoms with E-state index >= 15 is 0 Å². The zero-order valence-corrected chi connectivity index (χ0v) is 11.2. The summed E-state index contributed by atoms with van der Waals surface area (Å²) in [4.78, 5) is 2.56. The maximum atomic E-state index is 5.66. The number of rotatable bonds is 4. The number of hydrogen-bond acceptors (Lipinski definition) is 4. The van der Waals surface area contributed by atoms with Crippen LogP contribution in [-0.2, 0) is 9.47 Å². The number of likely N-dealkylation sites (tertiary alicyclic amines) is 1. The first-order valence-corrected chi connectivity index (χ1v) is 6.93. The van der Waals surface area contributed by atoms with Crippen LogP contribution in [0.25, 0.3) is 0 Å². The minimum absolute atomic E-state index is 0.410. The van der Waals surface area contributed by atoms with Crippen molar-refractivity contribution >= 4 is 0 Å². The zero-order valence-electron chi connectivity index (χ0n) is 11.2. The van der Waals surface area contributed by atoms with Crippen LogP contribution in [0.15, 0.2) is 0 Å². The largest absolute Gasteiger partial charge is 0.380 e. The van der Waals surface area contributed by atoms with Gasteiger partial charge in [-0.05, 0) is 32.4 Å². The van der Waals surface area contributed by atoms with Crippen LogP contribution in [0.2, 0.25) is 0 Å². The van der Waals surface area contributed by atoms with E-state index in [0.29, 0.717) is 18.2 Å². The minimum Gasteiger partial charge on any atom is -0.380 e. The van der Waals surface area contributed by atoms with Crippen LogP contribution in [0.4, 0.5) is 0 Å².